The molecule has 0 fully saturated rings. The van der Waals surface area contributed by atoms with Gasteiger partial charge in [0.1, 0.15) is 11.6 Å². The third kappa shape index (κ3) is 4.86. The monoisotopic (exact) mass is 653 g/mol. The van der Waals surface area contributed by atoms with Gasteiger partial charge in [-0.15, -0.1) is 0 Å². The van der Waals surface area contributed by atoms with Crippen molar-refractivity contribution < 1.29 is 0 Å². The zero-order chi connectivity index (χ0) is 33.7. The highest BCUT2D eigenvalue weighted by molar-refractivity contribution is 6.04. The van der Waals surface area contributed by atoms with Gasteiger partial charge in [-0.25, -0.2) is 9.97 Å². The van der Waals surface area contributed by atoms with E-state index >= 15 is 0 Å². The summed E-state index contributed by atoms with van der Waals surface area (Å²) in [6, 6.07) is 63.7. The van der Waals surface area contributed by atoms with Gasteiger partial charge in [0.25, 0.3) is 0 Å². The number of nitrogens with zero attached hydrogens (tertiary/aromatic N) is 4. The topological polar surface area (TPSA) is 51.4 Å². The molecule has 240 valence electrons. The van der Waals surface area contributed by atoms with Crippen LogP contribution in [0.5, 0.6) is 0 Å². The van der Waals surface area contributed by atoms with Crippen LogP contribution >= 0.6 is 0 Å². The first-order valence-electron chi connectivity index (χ1n) is 17.2. The Labute approximate surface area is 294 Å². The molecule has 10 rings (SSSR count). The standard InChI is InChI=1S/C46H31N5/c1-4-16-31(17-5-1)43-37-22-10-11-23-38(37)47-44(43)32-28-33(45-48-39-24-12-14-26-41(39)50(45)35-18-6-2-7-19-35)30-34(29-32)46-49-40-25-13-15-27-42(40)51(46)36-20-8-3-9-21-36/h1-30,47H. The molecule has 0 amide bonds. The largest absolute Gasteiger partial charge is 0.354 e. The van der Waals surface area contributed by atoms with Gasteiger partial charge in [-0.05, 0) is 78.4 Å². The minimum absolute atomic E-state index is 0.866. The van der Waals surface area contributed by atoms with Crippen LogP contribution in [0.4, 0.5) is 0 Å². The summed E-state index contributed by atoms with van der Waals surface area (Å²) < 4.78 is 4.53. The van der Waals surface area contributed by atoms with Gasteiger partial charge < -0.3 is 4.98 Å². The van der Waals surface area contributed by atoms with Crippen LogP contribution < -0.4 is 0 Å². The minimum Gasteiger partial charge on any atom is -0.354 e. The smallest absolute Gasteiger partial charge is 0.145 e. The van der Waals surface area contributed by atoms with E-state index in [9.17, 15) is 0 Å². The third-order valence-electron chi connectivity index (χ3n) is 9.66. The molecule has 0 aliphatic carbocycles. The zero-order valence-corrected chi connectivity index (χ0v) is 27.6. The van der Waals surface area contributed by atoms with E-state index in [2.05, 4.69) is 196 Å². The molecule has 3 heterocycles. The number of imidazole rings is 2. The van der Waals surface area contributed by atoms with Gasteiger partial charge >= 0.3 is 0 Å². The number of hydrogen-bond donors (Lipinski definition) is 1. The van der Waals surface area contributed by atoms with E-state index in [1.54, 1.807) is 0 Å². The van der Waals surface area contributed by atoms with E-state index in [0.717, 1.165) is 78.6 Å². The number of aromatic nitrogens is 5. The highest BCUT2D eigenvalue weighted by Gasteiger charge is 2.22. The fraction of sp³-hybridized carbons (Fsp3) is 0. The van der Waals surface area contributed by atoms with Gasteiger partial charge in [-0.3, -0.25) is 9.13 Å². The number of para-hydroxylation sites is 7. The number of fused-ring (bicyclic) bond motifs is 3. The second kappa shape index (κ2) is 11.9. The van der Waals surface area contributed by atoms with Crippen molar-refractivity contribution in [2.75, 3.05) is 0 Å². The maximum atomic E-state index is 5.30. The number of rotatable bonds is 6. The zero-order valence-electron chi connectivity index (χ0n) is 27.6. The van der Waals surface area contributed by atoms with Crippen molar-refractivity contribution in [1.29, 1.82) is 0 Å². The highest BCUT2D eigenvalue weighted by atomic mass is 15.1. The molecule has 7 aromatic carbocycles. The van der Waals surface area contributed by atoms with Crippen LogP contribution in [-0.2, 0) is 0 Å². The molecule has 5 nitrogen and oxygen atoms in total. The quantitative estimate of drug-likeness (QED) is 0.194. The molecule has 0 saturated heterocycles. The van der Waals surface area contributed by atoms with E-state index in [-0.39, 0.29) is 0 Å². The fourth-order valence-electron chi connectivity index (χ4n) is 7.41. The van der Waals surface area contributed by atoms with Crippen LogP contribution in [0.2, 0.25) is 0 Å². The van der Waals surface area contributed by atoms with Gasteiger partial charge in [0.05, 0.1) is 27.8 Å². The van der Waals surface area contributed by atoms with Crippen LogP contribution in [0.3, 0.4) is 0 Å². The number of aromatic amines is 1. The summed E-state index contributed by atoms with van der Waals surface area (Å²) in [5.41, 5.74) is 13.6. The second-order valence-corrected chi connectivity index (χ2v) is 12.8. The van der Waals surface area contributed by atoms with Crippen molar-refractivity contribution in [1.82, 2.24) is 24.1 Å². The molecule has 0 unspecified atom stereocenters. The Morgan fingerprint density at radius 1 is 0.392 bits per heavy atom. The predicted octanol–water partition coefficient (Wildman–Crippen LogP) is 11.5. The van der Waals surface area contributed by atoms with Crippen molar-refractivity contribution in [2.24, 2.45) is 0 Å². The van der Waals surface area contributed by atoms with E-state index < -0.39 is 0 Å². The van der Waals surface area contributed by atoms with Crippen LogP contribution in [-0.4, -0.2) is 24.1 Å². The molecule has 0 spiro atoms. The Balaban J connectivity index is 1.31. The Kier molecular flexibility index (Phi) is 6.74. The molecule has 0 saturated carbocycles. The van der Waals surface area contributed by atoms with Crippen LogP contribution in [0, 0.1) is 0 Å². The lowest BCUT2D eigenvalue weighted by molar-refractivity contribution is 1.09. The average Bonchev–Trinajstić information content (AvgIpc) is 3.91. The molecule has 3 aromatic heterocycles. The first kappa shape index (κ1) is 29.0. The summed E-state index contributed by atoms with van der Waals surface area (Å²) in [5.74, 6) is 1.73. The lowest BCUT2D eigenvalue weighted by Gasteiger charge is -2.15. The number of nitrogens with one attached hydrogen (secondary N) is 1. The van der Waals surface area contributed by atoms with Gasteiger partial charge in [0, 0.05) is 44.5 Å². The van der Waals surface area contributed by atoms with E-state index in [4.69, 9.17) is 9.97 Å². The molecule has 0 aliphatic heterocycles. The van der Waals surface area contributed by atoms with Crippen molar-refractivity contribution >= 4 is 33.0 Å². The molecule has 5 heteroatoms. The molecule has 0 radical (unpaired) electrons. The molecule has 10 aromatic rings. The highest BCUT2D eigenvalue weighted by Crippen LogP contribution is 2.42. The van der Waals surface area contributed by atoms with E-state index in [1.165, 1.54) is 10.9 Å². The SMILES string of the molecule is c1ccc(-c2c(-c3cc(-c4nc5ccccc5n4-c4ccccc4)cc(-c4nc5ccccc5n4-c4ccccc4)c3)[nH]c3ccccc23)cc1. The summed E-state index contributed by atoms with van der Waals surface area (Å²) in [6.07, 6.45) is 0. The van der Waals surface area contributed by atoms with Crippen molar-refractivity contribution in [3.8, 4) is 56.5 Å². The molecular formula is C46H31N5. The summed E-state index contributed by atoms with van der Waals surface area (Å²) in [5, 5.41) is 1.18. The maximum Gasteiger partial charge on any atom is 0.145 e. The minimum atomic E-state index is 0.866. The number of hydrogen-bond acceptors (Lipinski definition) is 2. The van der Waals surface area contributed by atoms with E-state index in [0.29, 0.717) is 0 Å². The van der Waals surface area contributed by atoms with E-state index in [1.807, 2.05) is 0 Å². The van der Waals surface area contributed by atoms with Crippen molar-refractivity contribution in [2.45, 2.75) is 0 Å². The summed E-state index contributed by atoms with van der Waals surface area (Å²) in [4.78, 5) is 14.4. The Morgan fingerprint density at radius 3 is 1.41 bits per heavy atom. The van der Waals surface area contributed by atoms with Crippen molar-refractivity contribution in [3.05, 3.63) is 182 Å². The molecule has 0 aliphatic rings. The molecule has 0 atom stereocenters. The lowest BCUT2D eigenvalue weighted by Crippen LogP contribution is -2.00. The van der Waals surface area contributed by atoms with Crippen molar-refractivity contribution in [3.63, 3.8) is 0 Å². The normalized spacial score (nSPS) is 11.5. The Bertz CT molecular complexity index is 2520. The molecule has 1 N–H and O–H groups in total. The Hall–Kier alpha value is -6.98. The van der Waals surface area contributed by atoms with Gasteiger partial charge in [-0.1, -0.05) is 109 Å². The molecule has 51 heavy (non-hydrogen) atoms. The predicted molar refractivity (Wildman–Crippen MR) is 209 cm³/mol. The molecule has 0 bridgehead atoms. The van der Waals surface area contributed by atoms with Gasteiger partial charge in [0.2, 0.25) is 0 Å². The maximum absolute atomic E-state index is 5.30. The third-order valence-corrected chi connectivity index (χ3v) is 9.66. The molecular weight excluding hydrogens is 623 g/mol. The van der Waals surface area contributed by atoms with Gasteiger partial charge in [-0.2, -0.15) is 0 Å². The average molecular weight is 654 g/mol. The first-order valence-corrected chi connectivity index (χ1v) is 17.2. The number of H-pyrrole nitrogens is 1. The summed E-state index contributed by atoms with van der Waals surface area (Å²) >= 11 is 0. The Morgan fingerprint density at radius 2 is 0.843 bits per heavy atom. The first-order chi connectivity index (χ1) is 25.3. The second-order valence-electron chi connectivity index (χ2n) is 12.8. The number of benzene rings is 7. The van der Waals surface area contributed by atoms with Crippen LogP contribution in [0.25, 0.3) is 89.5 Å². The summed E-state index contributed by atoms with van der Waals surface area (Å²) in [7, 11) is 0. The summed E-state index contributed by atoms with van der Waals surface area (Å²) in [6.45, 7) is 0. The van der Waals surface area contributed by atoms with Crippen LogP contribution in [0.1, 0.15) is 0 Å². The van der Waals surface area contributed by atoms with Crippen LogP contribution in [0.15, 0.2) is 182 Å². The van der Waals surface area contributed by atoms with Gasteiger partial charge in [0.15, 0.2) is 0 Å². The lowest BCUT2D eigenvalue weighted by atomic mass is 9.95. The fourth-order valence-corrected chi connectivity index (χ4v) is 7.41.